The summed E-state index contributed by atoms with van der Waals surface area (Å²) >= 11 is 5.85. The van der Waals surface area contributed by atoms with Crippen LogP contribution in [0.25, 0.3) is 11.3 Å². The Hall–Kier alpha value is -4.03. The number of halogens is 4. The first-order valence-electron chi connectivity index (χ1n) is 10.9. The maximum Gasteiger partial charge on any atom is 0.274 e. The Labute approximate surface area is 220 Å². The van der Waals surface area contributed by atoms with Crippen LogP contribution in [-0.2, 0) is 10.4 Å². The van der Waals surface area contributed by atoms with Crippen molar-refractivity contribution in [1.29, 1.82) is 0 Å². The summed E-state index contributed by atoms with van der Waals surface area (Å²) in [6.07, 6.45) is -3.37. The third-order valence-corrected chi connectivity index (χ3v) is 5.68. The highest BCUT2D eigenvalue weighted by atomic mass is 35.5. The van der Waals surface area contributed by atoms with Crippen molar-refractivity contribution < 1.29 is 42.1 Å². The lowest BCUT2D eigenvalue weighted by Gasteiger charge is -2.28. The Morgan fingerprint density at radius 1 is 1.08 bits per heavy atom. The average Bonchev–Trinajstić information content (AvgIpc) is 2.91. The van der Waals surface area contributed by atoms with Gasteiger partial charge in [-0.15, -0.1) is 0 Å². The zero-order valence-corrected chi connectivity index (χ0v) is 20.9. The number of amides is 2. The highest BCUT2D eigenvalue weighted by Gasteiger charge is 2.42. The van der Waals surface area contributed by atoms with Gasteiger partial charge in [0.25, 0.3) is 18.2 Å². The Morgan fingerprint density at radius 2 is 1.76 bits per heavy atom. The van der Waals surface area contributed by atoms with E-state index >= 15 is 0 Å². The fourth-order valence-electron chi connectivity index (χ4n) is 3.38. The minimum Gasteiger partial charge on any atom is -0.494 e. The number of alkyl halides is 2. The van der Waals surface area contributed by atoms with Crippen LogP contribution in [0.2, 0.25) is 5.02 Å². The van der Waals surface area contributed by atoms with Crippen molar-refractivity contribution in [3.63, 3.8) is 0 Å². The molecule has 13 heteroatoms. The van der Waals surface area contributed by atoms with E-state index in [2.05, 4.69) is 10.3 Å². The number of benzene rings is 2. The van der Waals surface area contributed by atoms with Crippen LogP contribution in [0, 0.1) is 5.82 Å². The lowest BCUT2D eigenvalue weighted by atomic mass is 9.97. The number of nitrogens with zero attached hydrogens (tertiary/aromatic N) is 1. The largest absolute Gasteiger partial charge is 0.494 e. The molecule has 0 aliphatic rings. The summed E-state index contributed by atoms with van der Waals surface area (Å²) in [6.45, 7) is -1.35. The number of hydrogen-bond acceptors (Lipinski definition) is 7. The van der Waals surface area contributed by atoms with Gasteiger partial charge in [0.15, 0.2) is 23.7 Å². The van der Waals surface area contributed by atoms with E-state index in [9.17, 15) is 27.9 Å². The molecule has 1 atom stereocenters. The minimum absolute atomic E-state index is 0.00535. The Morgan fingerprint density at radius 3 is 2.37 bits per heavy atom. The van der Waals surface area contributed by atoms with Crippen LogP contribution in [0.3, 0.4) is 0 Å². The summed E-state index contributed by atoms with van der Waals surface area (Å²) in [5.74, 6) is -1.87. The van der Waals surface area contributed by atoms with Crippen molar-refractivity contribution in [2.24, 2.45) is 5.73 Å². The van der Waals surface area contributed by atoms with Gasteiger partial charge in [0.05, 0.1) is 31.5 Å². The number of primary amides is 1. The third-order valence-electron chi connectivity index (χ3n) is 5.39. The van der Waals surface area contributed by atoms with Gasteiger partial charge in [0.2, 0.25) is 0 Å². The molecule has 0 spiro atoms. The van der Waals surface area contributed by atoms with Crippen LogP contribution in [-0.4, -0.2) is 55.7 Å². The predicted octanol–water partition coefficient (Wildman–Crippen LogP) is 3.31. The van der Waals surface area contributed by atoms with E-state index in [-0.39, 0.29) is 39.1 Å². The summed E-state index contributed by atoms with van der Waals surface area (Å²) in [4.78, 5) is 27.8. The molecule has 38 heavy (non-hydrogen) atoms. The van der Waals surface area contributed by atoms with E-state index in [0.717, 1.165) is 12.1 Å². The highest BCUT2D eigenvalue weighted by molar-refractivity contribution is 6.31. The van der Waals surface area contributed by atoms with Gasteiger partial charge >= 0.3 is 0 Å². The number of ether oxygens (including phenoxy) is 3. The second-order valence-electron chi connectivity index (χ2n) is 7.90. The number of carbonyl (C=O) groups excluding carboxylic acids is 2. The molecule has 0 fully saturated rings. The van der Waals surface area contributed by atoms with E-state index in [1.54, 1.807) is 0 Å². The van der Waals surface area contributed by atoms with Crippen molar-refractivity contribution in [2.45, 2.75) is 12.0 Å². The molecule has 2 amide bonds. The second-order valence-corrected chi connectivity index (χ2v) is 8.31. The number of rotatable bonds is 11. The monoisotopic (exact) mass is 553 g/mol. The molecular formula is C25H23ClF3N3O6. The molecular weight excluding hydrogens is 531 g/mol. The fraction of sp³-hybridized carbons (Fsp3) is 0.240. The Balaban J connectivity index is 1.88. The molecule has 0 aliphatic heterocycles. The summed E-state index contributed by atoms with van der Waals surface area (Å²) in [5, 5.41) is 12.9. The number of methoxy groups -OCH3 is 2. The van der Waals surface area contributed by atoms with E-state index < -0.39 is 48.5 Å². The van der Waals surface area contributed by atoms with Crippen molar-refractivity contribution in [3.05, 3.63) is 70.6 Å². The molecule has 1 aromatic heterocycles. The number of pyridine rings is 1. The molecule has 9 nitrogen and oxygen atoms in total. The molecule has 2 aromatic carbocycles. The highest BCUT2D eigenvalue weighted by Crippen LogP contribution is 2.35. The van der Waals surface area contributed by atoms with Crippen LogP contribution < -0.4 is 25.3 Å². The lowest BCUT2D eigenvalue weighted by Crippen LogP contribution is -2.46. The lowest BCUT2D eigenvalue weighted by molar-refractivity contribution is -0.119. The van der Waals surface area contributed by atoms with Gasteiger partial charge in [-0.1, -0.05) is 11.6 Å². The molecule has 0 bridgehead atoms. The van der Waals surface area contributed by atoms with E-state index in [1.807, 2.05) is 0 Å². The number of carbonyl (C=O) groups is 2. The standard InChI is InChI=1S/C25H23ClF3N3O6/c1-36-18-7-8-20(32-22(18)13-3-5-16(27)15(26)9-13)25(35,24(28)29)12-31-23(34)14-4-6-17(19(10-14)37-2)38-11-21(30)33/h3-10,24,35H,11-12H2,1-2H3,(H2,30,33)(H,31,34). The number of nitrogens with one attached hydrogen (secondary N) is 1. The van der Waals surface area contributed by atoms with E-state index in [1.165, 1.54) is 50.6 Å². The normalized spacial score (nSPS) is 12.5. The van der Waals surface area contributed by atoms with Crippen molar-refractivity contribution >= 4 is 23.4 Å². The second kappa shape index (κ2) is 12.0. The SMILES string of the molecule is COc1cc(C(=O)NCC(O)(c2ccc(OC)c(-c3ccc(F)c(Cl)c3)n2)C(F)F)ccc1OCC(N)=O. The zero-order chi connectivity index (χ0) is 28.0. The van der Waals surface area contributed by atoms with Crippen LogP contribution in [0.5, 0.6) is 17.2 Å². The van der Waals surface area contributed by atoms with Gasteiger partial charge in [0, 0.05) is 11.1 Å². The van der Waals surface area contributed by atoms with Gasteiger partial charge in [-0.25, -0.2) is 18.2 Å². The van der Waals surface area contributed by atoms with Crippen LogP contribution in [0.4, 0.5) is 13.2 Å². The van der Waals surface area contributed by atoms with Crippen LogP contribution in [0.15, 0.2) is 48.5 Å². The smallest absolute Gasteiger partial charge is 0.274 e. The molecule has 0 radical (unpaired) electrons. The maximum absolute atomic E-state index is 14.2. The van der Waals surface area contributed by atoms with Crippen LogP contribution in [0.1, 0.15) is 16.1 Å². The number of nitrogens with two attached hydrogens (primary N) is 1. The van der Waals surface area contributed by atoms with Gasteiger partial charge in [-0.05, 0) is 48.5 Å². The molecule has 0 saturated heterocycles. The third kappa shape index (κ3) is 6.26. The quantitative estimate of drug-likeness (QED) is 0.332. The first-order chi connectivity index (χ1) is 18.0. The Bertz CT molecular complexity index is 1340. The summed E-state index contributed by atoms with van der Waals surface area (Å²) < 4.78 is 57.5. The van der Waals surface area contributed by atoms with Crippen molar-refractivity contribution in [2.75, 3.05) is 27.4 Å². The molecule has 0 saturated carbocycles. The fourth-order valence-corrected chi connectivity index (χ4v) is 3.56. The van der Waals surface area contributed by atoms with E-state index in [0.29, 0.717) is 0 Å². The van der Waals surface area contributed by atoms with Crippen molar-refractivity contribution in [1.82, 2.24) is 10.3 Å². The molecule has 1 heterocycles. The number of aromatic nitrogens is 1. The van der Waals surface area contributed by atoms with Crippen LogP contribution >= 0.6 is 11.6 Å². The average molecular weight is 554 g/mol. The molecule has 202 valence electrons. The molecule has 0 aliphatic carbocycles. The summed E-state index contributed by atoms with van der Waals surface area (Å²) in [5.41, 5.74) is 1.93. The molecule has 3 rings (SSSR count). The number of hydrogen-bond donors (Lipinski definition) is 3. The minimum atomic E-state index is -3.37. The predicted molar refractivity (Wildman–Crippen MR) is 131 cm³/mol. The first kappa shape index (κ1) is 28.5. The maximum atomic E-state index is 14.2. The van der Waals surface area contributed by atoms with Crippen molar-refractivity contribution in [3.8, 4) is 28.5 Å². The number of aliphatic hydroxyl groups is 1. The Kier molecular flexibility index (Phi) is 9.02. The van der Waals surface area contributed by atoms with Gasteiger partial charge < -0.3 is 30.4 Å². The van der Waals surface area contributed by atoms with E-state index in [4.69, 9.17) is 31.5 Å². The van der Waals surface area contributed by atoms with Gasteiger partial charge in [0.1, 0.15) is 17.3 Å². The molecule has 3 aromatic rings. The zero-order valence-electron chi connectivity index (χ0n) is 20.1. The summed E-state index contributed by atoms with van der Waals surface area (Å²) in [7, 11) is 2.62. The summed E-state index contributed by atoms with van der Waals surface area (Å²) in [6, 6.07) is 9.96. The van der Waals surface area contributed by atoms with Gasteiger partial charge in [-0.2, -0.15) is 0 Å². The topological polar surface area (TPSA) is 133 Å². The molecule has 4 N–H and O–H groups in total. The molecule has 1 unspecified atom stereocenters. The first-order valence-corrected chi connectivity index (χ1v) is 11.3. The van der Waals surface area contributed by atoms with Gasteiger partial charge in [-0.3, -0.25) is 9.59 Å².